The number of hydrogen-bond acceptors (Lipinski definition) is 6. The van der Waals surface area contributed by atoms with E-state index in [9.17, 15) is 0 Å². The van der Waals surface area contributed by atoms with Gasteiger partial charge in [-0.1, -0.05) is 18.5 Å². The summed E-state index contributed by atoms with van der Waals surface area (Å²) in [6.45, 7) is 2.96. The molecule has 19 heavy (non-hydrogen) atoms. The van der Waals surface area contributed by atoms with Crippen LogP contribution in [0.15, 0.2) is 17.9 Å². The summed E-state index contributed by atoms with van der Waals surface area (Å²) in [5.41, 5.74) is 0.748. The van der Waals surface area contributed by atoms with Crippen molar-refractivity contribution < 1.29 is 0 Å². The van der Waals surface area contributed by atoms with Crippen LogP contribution in [0.4, 0.5) is 11.5 Å². The lowest BCUT2D eigenvalue weighted by atomic mass is 10.2. The van der Waals surface area contributed by atoms with Gasteiger partial charge in [0.2, 0.25) is 0 Å². The van der Waals surface area contributed by atoms with Crippen molar-refractivity contribution in [2.75, 3.05) is 30.9 Å². The maximum absolute atomic E-state index is 6.06. The van der Waals surface area contributed by atoms with Crippen molar-refractivity contribution in [3.63, 3.8) is 0 Å². The Hall–Kier alpha value is -1.40. The number of likely N-dealkylation sites (N-methyl/N-ethyl adjacent to an activating group) is 1. The highest BCUT2D eigenvalue weighted by molar-refractivity contribution is 7.09. The summed E-state index contributed by atoms with van der Waals surface area (Å²) in [6, 6.07) is 0. The molecule has 0 saturated carbocycles. The zero-order valence-corrected chi connectivity index (χ0v) is 12.7. The van der Waals surface area contributed by atoms with Gasteiger partial charge < -0.3 is 10.2 Å². The van der Waals surface area contributed by atoms with Crippen molar-refractivity contribution in [2.24, 2.45) is 0 Å². The highest BCUT2D eigenvalue weighted by Gasteiger charge is 2.16. The molecule has 2 heterocycles. The molecule has 0 radical (unpaired) electrons. The van der Waals surface area contributed by atoms with Crippen molar-refractivity contribution in [2.45, 2.75) is 12.8 Å². The number of aromatic nitrogens is 3. The monoisotopic (exact) mass is 297 g/mol. The predicted molar refractivity (Wildman–Crippen MR) is 80.4 cm³/mol. The zero-order chi connectivity index (χ0) is 13.8. The van der Waals surface area contributed by atoms with E-state index in [0.29, 0.717) is 11.1 Å². The minimum Gasteiger partial charge on any atom is -0.383 e. The van der Waals surface area contributed by atoms with E-state index in [1.54, 1.807) is 11.3 Å². The minimum atomic E-state index is 0.337. The molecule has 7 heteroatoms. The second-order valence-corrected chi connectivity index (χ2v) is 5.55. The van der Waals surface area contributed by atoms with Crippen molar-refractivity contribution in [3.8, 4) is 0 Å². The van der Waals surface area contributed by atoms with Crippen LogP contribution in [0.3, 0.4) is 0 Å². The van der Waals surface area contributed by atoms with Crippen LogP contribution in [0, 0.1) is 0 Å². The van der Waals surface area contributed by atoms with Crippen LogP contribution in [0.1, 0.15) is 17.8 Å². The van der Waals surface area contributed by atoms with Gasteiger partial charge in [-0.2, -0.15) is 0 Å². The van der Waals surface area contributed by atoms with Gasteiger partial charge in [0.15, 0.2) is 11.0 Å². The van der Waals surface area contributed by atoms with E-state index in [2.05, 4.69) is 32.1 Å². The van der Waals surface area contributed by atoms with Gasteiger partial charge in [0.05, 0.1) is 5.01 Å². The van der Waals surface area contributed by atoms with Gasteiger partial charge in [0.25, 0.3) is 0 Å². The molecule has 0 saturated heterocycles. The lowest BCUT2D eigenvalue weighted by molar-refractivity contribution is 0.721. The second kappa shape index (κ2) is 6.16. The van der Waals surface area contributed by atoms with Crippen molar-refractivity contribution >= 4 is 34.4 Å². The first-order chi connectivity index (χ1) is 9.13. The van der Waals surface area contributed by atoms with Gasteiger partial charge in [0, 0.05) is 38.1 Å². The van der Waals surface area contributed by atoms with Gasteiger partial charge in [-0.05, 0) is 0 Å². The van der Waals surface area contributed by atoms with E-state index in [4.69, 9.17) is 11.6 Å². The Labute approximate surface area is 121 Å². The first-order valence-electron chi connectivity index (χ1n) is 5.92. The molecule has 5 nitrogen and oxygen atoms in total. The third-order valence-electron chi connectivity index (χ3n) is 2.81. The fourth-order valence-corrected chi connectivity index (χ4v) is 2.83. The van der Waals surface area contributed by atoms with E-state index in [-0.39, 0.29) is 0 Å². The van der Waals surface area contributed by atoms with Crippen LogP contribution in [0.2, 0.25) is 5.15 Å². The normalized spacial score (nSPS) is 12.2. The largest absolute Gasteiger partial charge is 0.383 e. The van der Waals surface area contributed by atoms with E-state index in [1.165, 1.54) is 6.33 Å². The average Bonchev–Trinajstić information content (AvgIpc) is 2.92. The summed E-state index contributed by atoms with van der Waals surface area (Å²) in [5.74, 6) is 1.13. The molecule has 0 fully saturated rings. The number of thiazole rings is 1. The third-order valence-corrected chi connectivity index (χ3v) is 4.11. The maximum atomic E-state index is 6.06. The van der Waals surface area contributed by atoms with Gasteiger partial charge in [-0.15, -0.1) is 11.3 Å². The summed E-state index contributed by atoms with van der Waals surface area (Å²) in [5, 5.41) is 6.59. The smallest absolute Gasteiger partial charge is 0.157 e. The first-order valence-corrected chi connectivity index (χ1v) is 7.18. The SMILES string of the molecule is CNc1c(Cl)ncnc1N(C)CC(C)c1nccs1. The molecular formula is C12H16ClN5S. The van der Waals surface area contributed by atoms with Crippen LogP contribution < -0.4 is 10.2 Å². The Bertz CT molecular complexity index is 531. The number of nitrogens with one attached hydrogen (secondary N) is 1. The van der Waals surface area contributed by atoms with Crippen LogP contribution in [0.5, 0.6) is 0 Å². The molecule has 0 aliphatic carbocycles. The number of halogens is 1. The lowest BCUT2D eigenvalue weighted by Crippen LogP contribution is -2.25. The molecule has 0 aliphatic heterocycles. The maximum Gasteiger partial charge on any atom is 0.157 e. The molecule has 2 rings (SSSR count). The second-order valence-electron chi connectivity index (χ2n) is 4.26. The summed E-state index contributed by atoms with van der Waals surface area (Å²) < 4.78 is 0. The zero-order valence-electron chi connectivity index (χ0n) is 11.1. The number of hydrogen-bond donors (Lipinski definition) is 1. The molecule has 1 atom stereocenters. The number of nitrogens with zero attached hydrogens (tertiary/aromatic N) is 4. The van der Waals surface area contributed by atoms with Crippen LogP contribution >= 0.6 is 22.9 Å². The van der Waals surface area contributed by atoms with Gasteiger partial charge in [0.1, 0.15) is 12.0 Å². The molecular weight excluding hydrogens is 282 g/mol. The summed E-state index contributed by atoms with van der Waals surface area (Å²) in [4.78, 5) is 14.7. The van der Waals surface area contributed by atoms with Gasteiger partial charge in [-0.3, -0.25) is 0 Å². The molecule has 2 aromatic rings. The van der Waals surface area contributed by atoms with Gasteiger partial charge >= 0.3 is 0 Å². The molecule has 2 aromatic heterocycles. The van der Waals surface area contributed by atoms with Crippen molar-refractivity contribution in [1.29, 1.82) is 0 Å². The third kappa shape index (κ3) is 3.13. The van der Waals surface area contributed by atoms with E-state index < -0.39 is 0 Å². The molecule has 0 aliphatic rings. The molecule has 102 valence electrons. The lowest BCUT2D eigenvalue weighted by Gasteiger charge is -2.23. The van der Waals surface area contributed by atoms with Crippen molar-refractivity contribution in [1.82, 2.24) is 15.0 Å². The highest BCUT2D eigenvalue weighted by atomic mass is 35.5. The summed E-state index contributed by atoms with van der Waals surface area (Å²) >= 11 is 7.73. The Morgan fingerprint density at radius 3 is 2.84 bits per heavy atom. The molecule has 1 unspecified atom stereocenters. The average molecular weight is 298 g/mol. The molecule has 1 N–H and O–H groups in total. The topological polar surface area (TPSA) is 53.9 Å². The molecule has 0 amide bonds. The van der Waals surface area contributed by atoms with Crippen LogP contribution in [-0.2, 0) is 0 Å². The quantitative estimate of drug-likeness (QED) is 0.860. The molecule has 0 bridgehead atoms. The first kappa shape index (κ1) is 14.0. The fourth-order valence-electron chi connectivity index (χ4n) is 1.91. The molecule has 0 aromatic carbocycles. The standard InChI is InChI=1S/C12H16ClN5S/c1-8(12-15-4-5-19-12)6-18(3)11-9(14-2)10(13)16-7-17-11/h4-5,7-8,14H,6H2,1-3H3. The van der Waals surface area contributed by atoms with Crippen molar-refractivity contribution in [3.05, 3.63) is 28.1 Å². The van der Waals surface area contributed by atoms with E-state index >= 15 is 0 Å². The van der Waals surface area contributed by atoms with Crippen LogP contribution in [-0.4, -0.2) is 35.6 Å². The van der Waals surface area contributed by atoms with Gasteiger partial charge in [-0.25, -0.2) is 15.0 Å². The molecule has 0 spiro atoms. The number of rotatable bonds is 5. The summed E-state index contributed by atoms with van der Waals surface area (Å²) in [7, 11) is 3.80. The van der Waals surface area contributed by atoms with Crippen LogP contribution in [0.25, 0.3) is 0 Å². The Balaban J connectivity index is 2.16. The summed E-state index contributed by atoms with van der Waals surface area (Å²) in [6.07, 6.45) is 3.31. The minimum absolute atomic E-state index is 0.337. The van der Waals surface area contributed by atoms with E-state index in [0.717, 1.165) is 23.1 Å². The Morgan fingerprint density at radius 2 is 2.21 bits per heavy atom. The van der Waals surface area contributed by atoms with E-state index in [1.807, 2.05) is 25.7 Å². The fraction of sp³-hybridized carbons (Fsp3) is 0.417. The number of anilines is 2. The highest BCUT2D eigenvalue weighted by Crippen LogP contribution is 2.29. The predicted octanol–water partition coefficient (Wildman–Crippen LogP) is 2.87. The Kier molecular flexibility index (Phi) is 4.55. The Morgan fingerprint density at radius 1 is 1.42 bits per heavy atom.